The maximum Gasteiger partial charge on any atom is 0.243 e. The van der Waals surface area contributed by atoms with E-state index >= 15 is 0 Å². The molecule has 1 aromatic carbocycles. The van der Waals surface area contributed by atoms with Gasteiger partial charge in [0.2, 0.25) is 10.0 Å². The van der Waals surface area contributed by atoms with Crippen LogP contribution in [0.4, 0.5) is 17.3 Å². The van der Waals surface area contributed by atoms with Crippen molar-refractivity contribution in [2.75, 3.05) is 10.6 Å². The summed E-state index contributed by atoms with van der Waals surface area (Å²) in [6.07, 6.45) is 2.47. The van der Waals surface area contributed by atoms with Crippen LogP contribution in [0.5, 0.6) is 5.75 Å². The van der Waals surface area contributed by atoms with Gasteiger partial charge in [-0.05, 0) is 36.1 Å². The van der Waals surface area contributed by atoms with Gasteiger partial charge in [0.05, 0.1) is 34.7 Å². The van der Waals surface area contributed by atoms with Gasteiger partial charge >= 0.3 is 0 Å². The molecule has 1 atom stereocenters. The lowest BCUT2D eigenvalue weighted by molar-refractivity contribution is 0.461. The fourth-order valence-electron chi connectivity index (χ4n) is 2.80. The Morgan fingerprint density at radius 2 is 1.97 bits per heavy atom. The largest absolute Gasteiger partial charge is 0.504 e. The van der Waals surface area contributed by atoms with Crippen molar-refractivity contribution in [1.82, 2.24) is 8.75 Å². The number of halogens is 1. The van der Waals surface area contributed by atoms with Gasteiger partial charge < -0.3 is 20.2 Å². The molecule has 2 aromatic heterocycles. The maximum atomic E-state index is 11.7. The number of anilines is 3. The maximum absolute atomic E-state index is 11.7. The molecule has 3 rings (SSSR count). The van der Waals surface area contributed by atoms with Crippen molar-refractivity contribution in [2.24, 2.45) is 5.14 Å². The summed E-state index contributed by atoms with van der Waals surface area (Å²) in [6, 6.07) is 4.60. The van der Waals surface area contributed by atoms with Crippen LogP contribution >= 0.6 is 23.3 Å². The highest BCUT2D eigenvalue weighted by Gasteiger charge is 2.23. The number of benzene rings is 1. The minimum Gasteiger partial charge on any atom is -0.504 e. The van der Waals surface area contributed by atoms with E-state index in [0.717, 1.165) is 29.5 Å². The molecule has 3 aromatic rings. The number of phenolic OH excluding ortho intramolecular Hbond substituents is 1. The minimum atomic E-state index is -4.22. The van der Waals surface area contributed by atoms with Crippen molar-refractivity contribution in [3.05, 3.63) is 40.8 Å². The molecule has 2 heterocycles. The molecule has 0 amide bonds. The topological polar surface area (TPSA) is 143 Å². The number of phenols is 1. The fraction of sp³-hybridized carbons (Fsp3) is 0.368. The van der Waals surface area contributed by atoms with Crippen molar-refractivity contribution in [2.45, 2.75) is 51.5 Å². The molecule has 0 bridgehead atoms. The Balaban J connectivity index is 0.00000341. The summed E-state index contributed by atoms with van der Waals surface area (Å²) in [5.74, 6) is 1.27. The summed E-state index contributed by atoms with van der Waals surface area (Å²) >= 11 is 6.84. The Bertz CT molecular complexity index is 1140. The lowest BCUT2D eigenvalue weighted by atomic mass is 10.1. The highest BCUT2D eigenvalue weighted by atomic mass is 35.5. The molecule has 0 saturated heterocycles. The monoisotopic (exact) mass is 487 g/mol. The van der Waals surface area contributed by atoms with Gasteiger partial charge in [-0.1, -0.05) is 39.8 Å². The van der Waals surface area contributed by atoms with Crippen LogP contribution in [-0.2, 0) is 10.0 Å². The van der Waals surface area contributed by atoms with E-state index < -0.39 is 20.7 Å². The average Bonchev–Trinajstić information content (AvgIpc) is 3.30. The summed E-state index contributed by atoms with van der Waals surface area (Å²) < 4.78 is 37.6. The smallest absolute Gasteiger partial charge is 0.243 e. The van der Waals surface area contributed by atoms with Crippen molar-refractivity contribution in [1.29, 1.82) is 0 Å². The number of rotatable bonds is 8. The first-order valence-corrected chi connectivity index (χ1v) is 11.8. The number of nitrogens with zero attached hydrogens (tertiary/aromatic N) is 2. The van der Waals surface area contributed by atoms with Gasteiger partial charge in [-0.15, -0.1) is 0 Å². The number of nitrogens with two attached hydrogens (primary N) is 1. The molecule has 0 fully saturated rings. The van der Waals surface area contributed by atoms with Crippen LogP contribution in [0.15, 0.2) is 33.8 Å². The molecular weight excluding hydrogens is 462 g/mol. The molecular formula is C19H26ClN5O4S2. The van der Waals surface area contributed by atoms with Crippen LogP contribution in [0, 0.1) is 0 Å². The number of sulfonamides is 1. The molecule has 5 N–H and O–H groups in total. The zero-order valence-electron chi connectivity index (χ0n) is 16.5. The van der Waals surface area contributed by atoms with Gasteiger partial charge in [-0.3, -0.25) is 0 Å². The van der Waals surface area contributed by atoms with Crippen molar-refractivity contribution in [3.63, 3.8) is 0 Å². The van der Waals surface area contributed by atoms with Crippen LogP contribution in [0.2, 0.25) is 5.02 Å². The molecule has 0 aliphatic carbocycles. The van der Waals surface area contributed by atoms with Crippen LogP contribution in [-0.4, -0.2) is 22.3 Å². The molecule has 0 aliphatic rings. The third kappa shape index (κ3) is 5.48. The van der Waals surface area contributed by atoms with Gasteiger partial charge in [-0.2, -0.15) is 8.75 Å². The summed E-state index contributed by atoms with van der Waals surface area (Å²) in [6.45, 7) is 6.18. The lowest BCUT2D eigenvalue weighted by Gasteiger charge is -2.16. The van der Waals surface area contributed by atoms with E-state index in [4.69, 9.17) is 21.2 Å². The Morgan fingerprint density at radius 1 is 1.29 bits per heavy atom. The van der Waals surface area contributed by atoms with Crippen molar-refractivity contribution >= 4 is 50.7 Å². The number of nitrogens with one attached hydrogen (secondary N) is 2. The standard InChI is InChI=1S/C18H22ClN5O4S2.CH4/c1-4-12(14-7-10(8-28-14)9(2)3)21-17-18(24-29-23-17)22-13-6-5-11(19)16(15(13)25)30(20,26)27;/h5-9,12,25H,4H2,1-3H3,(H,21,23)(H,22,24)(H2,20,26,27);1H4/t12-;/m1./s1. The van der Waals surface area contributed by atoms with E-state index in [0.29, 0.717) is 17.6 Å². The number of furan rings is 1. The molecule has 0 aliphatic heterocycles. The first kappa shape index (κ1) is 24.9. The molecule has 0 saturated carbocycles. The molecule has 0 spiro atoms. The summed E-state index contributed by atoms with van der Waals surface area (Å²) in [5, 5.41) is 21.5. The number of aromatic nitrogens is 2. The average molecular weight is 488 g/mol. The second-order valence-corrected chi connectivity index (χ2v) is 9.38. The van der Waals surface area contributed by atoms with Crippen LogP contribution in [0.1, 0.15) is 57.9 Å². The van der Waals surface area contributed by atoms with Gasteiger partial charge in [0.15, 0.2) is 17.4 Å². The van der Waals surface area contributed by atoms with E-state index in [1.54, 1.807) is 6.26 Å². The normalized spacial score (nSPS) is 12.5. The zero-order chi connectivity index (χ0) is 22.1. The van der Waals surface area contributed by atoms with Gasteiger partial charge in [0.1, 0.15) is 10.7 Å². The SMILES string of the molecule is C.CC[C@@H](Nc1nsnc1Nc1ccc(Cl)c(S(N)(=O)=O)c1O)c1cc(C(C)C)co1. The molecule has 9 nitrogen and oxygen atoms in total. The number of primary sulfonamides is 1. The predicted octanol–water partition coefficient (Wildman–Crippen LogP) is 5.20. The van der Waals surface area contributed by atoms with Crippen LogP contribution in [0.3, 0.4) is 0 Å². The third-order valence-electron chi connectivity index (χ3n) is 4.48. The summed E-state index contributed by atoms with van der Waals surface area (Å²) in [4.78, 5) is -0.560. The fourth-order valence-corrected chi connectivity index (χ4v) is 4.47. The first-order valence-electron chi connectivity index (χ1n) is 9.10. The van der Waals surface area contributed by atoms with Gasteiger partial charge in [0, 0.05) is 0 Å². The minimum absolute atomic E-state index is 0. The number of aromatic hydroxyl groups is 1. The zero-order valence-corrected chi connectivity index (χ0v) is 18.9. The lowest BCUT2D eigenvalue weighted by Crippen LogP contribution is -2.14. The molecule has 12 heteroatoms. The molecule has 31 heavy (non-hydrogen) atoms. The predicted molar refractivity (Wildman–Crippen MR) is 124 cm³/mol. The van der Waals surface area contributed by atoms with Gasteiger partial charge in [0.25, 0.3) is 0 Å². The second-order valence-electron chi connectivity index (χ2n) is 6.95. The van der Waals surface area contributed by atoms with Crippen LogP contribution < -0.4 is 15.8 Å². The Morgan fingerprint density at radius 3 is 2.55 bits per heavy atom. The summed E-state index contributed by atoms with van der Waals surface area (Å²) in [7, 11) is -4.22. The van der Waals surface area contributed by atoms with Gasteiger partial charge in [-0.25, -0.2) is 13.6 Å². The quantitative estimate of drug-likeness (QED) is 0.317. The molecule has 0 radical (unpaired) electrons. The third-order valence-corrected chi connectivity index (χ3v) is 6.42. The Hall–Kier alpha value is -2.34. The van der Waals surface area contributed by atoms with E-state index in [1.807, 2.05) is 13.0 Å². The number of hydrogen-bond donors (Lipinski definition) is 4. The van der Waals surface area contributed by atoms with E-state index in [9.17, 15) is 13.5 Å². The van der Waals surface area contributed by atoms with Crippen LogP contribution in [0.25, 0.3) is 0 Å². The van der Waals surface area contributed by atoms with E-state index in [2.05, 4.69) is 33.2 Å². The van der Waals surface area contributed by atoms with Crippen molar-refractivity contribution in [3.8, 4) is 5.75 Å². The Labute approximate surface area is 191 Å². The van der Waals surface area contributed by atoms with Crippen molar-refractivity contribution < 1.29 is 17.9 Å². The first-order chi connectivity index (χ1) is 14.1. The second kappa shape index (κ2) is 9.86. The van der Waals surface area contributed by atoms with E-state index in [1.165, 1.54) is 12.1 Å². The summed E-state index contributed by atoms with van der Waals surface area (Å²) in [5.41, 5.74) is 1.17. The highest BCUT2D eigenvalue weighted by molar-refractivity contribution is 7.89. The molecule has 0 unspecified atom stereocenters. The van der Waals surface area contributed by atoms with E-state index in [-0.39, 0.29) is 24.2 Å². The number of hydrogen-bond acceptors (Lipinski definition) is 9. The Kier molecular flexibility index (Phi) is 7.93. The highest BCUT2D eigenvalue weighted by Crippen LogP contribution is 2.39. The molecule has 170 valence electrons.